The minimum absolute atomic E-state index is 0.0211. The topological polar surface area (TPSA) is 94.3 Å². The van der Waals surface area contributed by atoms with Crippen LogP contribution in [0.2, 0.25) is 0 Å². The van der Waals surface area contributed by atoms with Gasteiger partial charge < -0.3 is 24.8 Å². The largest absolute Gasteiger partial charge is 0.497 e. The maximum atomic E-state index is 13.6. The maximum absolute atomic E-state index is 13.6. The van der Waals surface area contributed by atoms with Gasteiger partial charge in [0.1, 0.15) is 11.9 Å². The second-order valence-corrected chi connectivity index (χ2v) is 9.87. The van der Waals surface area contributed by atoms with Crippen LogP contribution < -0.4 is 15.4 Å². The Labute approximate surface area is 194 Å². The first-order valence-electron chi connectivity index (χ1n) is 11.6. The van der Waals surface area contributed by atoms with Crippen molar-refractivity contribution >= 4 is 17.6 Å². The number of hydrogen-bond donors (Lipinski definition) is 1. The molecule has 1 spiro atoms. The molecule has 0 amide bonds. The highest BCUT2D eigenvalue weighted by Crippen LogP contribution is 2.66. The summed E-state index contributed by atoms with van der Waals surface area (Å²) in [5.74, 6) is -0.274. The minimum atomic E-state index is -1.58. The molecule has 4 aliphatic rings. The van der Waals surface area contributed by atoms with E-state index in [1.54, 1.807) is 7.11 Å². The Kier molecular flexibility index (Phi) is 4.85. The molecule has 1 aromatic rings. The van der Waals surface area contributed by atoms with Gasteiger partial charge in [0.25, 0.3) is 0 Å². The van der Waals surface area contributed by atoms with E-state index in [-0.39, 0.29) is 6.04 Å². The SMILES string of the molecule is CC[C@]12C=CCN3CC[C@@]4(c5ccc(OC)cc5N(C)C4[C@@](N)(C(=O)OC)C1OC(C)=O)C32. The zero-order chi connectivity index (χ0) is 23.8. The summed E-state index contributed by atoms with van der Waals surface area (Å²) < 4.78 is 16.9. The van der Waals surface area contributed by atoms with Crippen LogP contribution in [0.1, 0.15) is 32.3 Å². The standard InChI is InChI=1S/C25H33N3O5/c1-6-23-10-7-12-28-13-11-24(19(23)28)17-9-8-16(31-4)14-18(17)27(3)20(24)25(26,22(30)32-5)21(23)33-15(2)29/h7-10,14,19-21H,6,11-13,26H2,1-5H3/t19?,20?,21?,23-,24-,25+/m1/s1. The summed E-state index contributed by atoms with van der Waals surface area (Å²) in [6.07, 6.45) is 4.91. The summed E-state index contributed by atoms with van der Waals surface area (Å²) in [5, 5.41) is 0. The van der Waals surface area contributed by atoms with Crippen LogP contribution in [0.15, 0.2) is 30.4 Å². The molecule has 0 radical (unpaired) electrons. The van der Waals surface area contributed by atoms with Crippen LogP contribution in [0.3, 0.4) is 0 Å². The monoisotopic (exact) mass is 455 g/mol. The smallest absolute Gasteiger partial charge is 0.331 e. The number of hydrogen-bond acceptors (Lipinski definition) is 8. The third-order valence-electron chi connectivity index (χ3n) is 8.71. The number of ether oxygens (including phenoxy) is 3. The van der Waals surface area contributed by atoms with E-state index in [9.17, 15) is 9.59 Å². The zero-order valence-electron chi connectivity index (χ0n) is 20.0. The van der Waals surface area contributed by atoms with E-state index in [2.05, 4.69) is 34.9 Å². The van der Waals surface area contributed by atoms with Gasteiger partial charge in [-0.1, -0.05) is 25.1 Å². The molecule has 3 unspecified atom stereocenters. The van der Waals surface area contributed by atoms with Gasteiger partial charge in [-0.2, -0.15) is 0 Å². The van der Waals surface area contributed by atoms with E-state index in [0.717, 1.165) is 36.5 Å². The molecule has 8 heteroatoms. The van der Waals surface area contributed by atoms with Gasteiger partial charge in [0.15, 0.2) is 5.54 Å². The van der Waals surface area contributed by atoms with Crippen molar-refractivity contribution in [3.05, 3.63) is 35.9 Å². The molecule has 0 bridgehead atoms. The molecular formula is C25H33N3O5. The lowest BCUT2D eigenvalue weighted by atomic mass is 9.47. The molecule has 5 rings (SSSR count). The van der Waals surface area contributed by atoms with E-state index in [1.165, 1.54) is 14.0 Å². The molecular weight excluding hydrogens is 422 g/mol. The van der Waals surface area contributed by atoms with Crippen molar-refractivity contribution < 1.29 is 23.8 Å². The molecule has 3 aliphatic heterocycles. The minimum Gasteiger partial charge on any atom is -0.497 e. The van der Waals surface area contributed by atoms with Gasteiger partial charge in [0, 0.05) is 49.1 Å². The summed E-state index contributed by atoms with van der Waals surface area (Å²) in [4.78, 5) is 30.6. The highest BCUT2D eigenvalue weighted by molar-refractivity contribution is 5.88. The second kappa shape index (κ2) is 7.21. The summed E-state index contributed by atoms with van der Waals surface area (Å²) >= 11 is 0. The summed E-state index contributed by atoms with van der Waals surface area (Å²) in [6, 6.07) is 5.68. The van der Waals surface area contributed by atoms with Crippen LogP contribution in [0.4, 0.5) is 5.69 Å². The highest BCUT2D eigenvalue weighted by Gasteiger charge is 2.79. The van der Waals surface area contributed by atoms with Crippen molar-refractivity contribution in [1.82, 2.24) is 4.90 Å². The summed E-state index contributed by atoms with van der Waals surface area (Å²) in [7, 11) is 4.96. The van der Waals surface area contributed by atoms with E-state index in [1.807, 2.05) is 19.2 Å². The fourth-order valence-corrected chi connectivity index (χ4v) is 7.79. The van der Waals surface area contributed by atoms with Crippen molar-refractivity contribution in [2.75, 3.05) is 39.3 Å². The first kappa shape index (κ1) is 22.2. The lowest BCUT2D eigenvalue weighted by Gasteiger charge is -2.64. The number of rotatable bonds is 4. The lowest BCUT2D eigenvalue weighted by molar-refractivity contribution is -0.188. The molecule has 33 heavy (non-hydrogen) atoms. The number of benzene rings is 1. The molecule has 1 aromatic carbocycles. The van der Waals surface area contributed by atoms with Crippen molar-refractivity contribution in [3.8, 4) is 5.75 Å². The highest BCUT2D eigenvalue weighted by atomic mass is 16.6. The summed E-state index contributed by atoms with van der Waals surface area (Å²) in [6.45, 7) is 5.15. The summed E-state index contributed by atoms with van der Waals surface area (Å²) in [5.41, 5.74) is 6.71. The van der Waals surface area contributed by atoms with Gasteiger partial charge in [-0.3, -0.25) is 9.69 Å². The van der Waals surface area contributed by atoms with E-state index >= 15 is 0 Å². The third-order valence-corrected chi connectivity index (χ3v) is 8.71. The Balaban J connectivity index is 1.86. The fourth-order valence-electron chi connectivity index (χ4n) is 7.79. The van der Waals surface area contributed by atoms with Gasteiger partial charge in [0.05, 0.1) is 20.3 Å². The number of carbonyl (C=O) groups is 2. The predicted molar refractivity (Wildman–Crippen MR) is 123 cm³/mol. The average Bonchev–Trinajstić information content (AvgIpc) is 3.32. The number of nitrogens with two attached hydrogens (primary N) is 1. The van der Waals surface area contributed by atoms with Crippen molar-refractivity contribution in [1.29, 1.82) is 0 Å². The molecule has 2 N–H and O–H groups in total. The second-order valence-electron chi connectivity index (χ2n) is 9.87. The molecule has 2 fully saturated rings. The van der Waals surface area contributed by atoms with Gasteiger partial charge in [-0.05, 0) is 31.0 Å². The molecule has 1 saturated carbocycles. The number of nitrogens with zero attached hydrogens (tertiary/aromatic N) is 2. The Morgan fingerprint density at radius 1 is 1.24 bits per heavy atom. The molecule has 178 valence electrons. The quantitative estimate of drug-likeness (QED) is 0.541. The van der Waals surface area contributed by atoms with Crippen molar-refractivity contribution in [2.24, 2.45) is 11.1 Å². The van der Waals surface area contributed by atoms with E-state index in [4.69, 9.17) is 19.9 Å². The number of anilines is 1. The van der Waals surface area contributed by atoms with Gasteiger partial charge in [0.2, 0.25) is 0 Å². The number of esters is 2. The Hall–Kier alpha value is -2.58. The van der Waals surface area contributed by atoms with Crippen molar-refractivity contribution in [2.45, 2.75) is 55.8 Å². The van der Waals surface area contributed by atoms with Crippen LogP contribution in [-0.4, -0.2) is 74.9 Å². The molecule has 0 aromatic heterocycles. The van der Waals surface area contributed by atoms with E-state index < -0.39 is 40.5 Å². The van der Waals surface area contributed by atoms with Crippen LogP contribution in [0.5, 0.6) is 5.75 Å². The van der Waals surface area contributed by atoms with Gasteiger partial charge in [-0.25, -0.2) is 4.79 Å². The fraction of sp³-hybridized carbons (Fsp3) is 0.600. The normalized spacial score (nSPS) is 38.4. The Morgan fingerprint density at radius 3 is 2.64 bits per heavy atom. The zero-order valence-corrected chi connectivity index (χ0v) is 20.0. The van der Waals surface area contributed by atoms with Crippen molar-refractivity contribution in [3.63, 3.8) is 0 Å². The maximum Gasteiger partial charge on any atom is 0.331 e. The number of likely N-dealkylation sites (N-methyl/N-ethyl adjacent to an activating group) is 1. The van der Waals surface area contributed by atoms with Crippen LogP contribution in [-0.2, 0) is 24.5 Å². The van der Waals surface area contributed by atoms with Gasteiger partial charge >= 0.3 is 11.9 Å². The van der Waals surface area contributed by atoms with Gasteiger partial charge in [-0.15, -0.1) is 0 Å². The first-order chi connectivity index (χ1) is 15.7. The Bertz CT molecular complexity index is 1040. The van der Waals surface area contributed by atoms with Crippen LogP contribution in [0.25, 0.3) is 0 Å². The molecule has 1 saturated heterocycles. The number of methoxy groups -OCH3 is 2. The molecule has 6 atom stereocenters. The molecule has 1 aliphatic carbocycles. The van der Waals surface area contributed by atoms with E-state index in [0.29, 0.717) is 6.42 Å². The Morgan fingerprint density at radius 2 is 2.00 bits per heavy atom. The molecule has 3 heterocycles. The lowest BCUT2D eigenvalue weighted by Crippen LogP contribution is -2.84. The number of fused-ring (bicyclic) bond motifs is 1. The van der Waals surface area contributed by atoms with Crippen LogP contribution >= 0.6 is 0 Å². The first-order valence-corrected chi connectivity index (χ1v) is 11.6. The molecule has 8 nitrogen and oxygen atoms in total. The van der Waals surface area contributed by atoms with Crippen LogP contribution in [0, 0.1) is 5.41 Å². The predicted octanol–water partition coefficient (Wildman–Crippen LogP) is 1.61. The number of carbonyl (C=O) groups excluding carboxylic acids is 2. The third kappa shape index (κ3) is 2.48. The average molecular weight is 456 g/mol.